The van der Waals surface area contributed by atoms with Crippen LogP contribution < -0.4 is 0 Å². The normalized spacial score (nSPS) is 18.4. The second-order valence-electron chi connectivity index (χ2n) is 4.81. The third-order valence-corrected chi connectivity index (χ3v) is 3.49. The highest BCUT2D eigenvalue weighted by molar-refractivity contribution is 5.94. The van der Waals surface area contributed by atoms with Gasteiger partial charge in [0.05, 0.1) is 11.5 Å². The zero-order valence-corrected chi connectivity index (χ0v) is 11.1. The molecule has 0 bridgehead atoms. The number of hydrogen-bond donors (Lipinski definition) is 1. The molecule has 0 amide bonds. The van der Waals surface area contributed by atoms with Crippen molar-refractivity contribution in [2.75, 3.05) is 20.3 Å². The van der Waals surface area contributed by atoms with Crippen molar-refractivity contribution >= 4 is 11.7 Å². The van der Waals surface area contributed by atoms with Gasteiger partial charge in [-0.1, -0.05) is 12.1 Å². The lowest BCUT2D eigenvalue weighted by Crippen LogP contribution is -2.32. The number of nitro benzene ring substituents is 1. The number of rotatable bonds is 5. The summed E-state index contributed by atoms with van der Waals surface area (Å²) in [5.74, 6) is -1.27. The minimum atomic E-state index is -1.27. The van der Waals surface area contributed by atoms with Crippen molar-refractivity contribution in [2.24, 2.45) is 0 Å². The molecular weight excluding hydrogens is 264 g/mol. The van der Waals surface area contributed by atoms with Gasteiger partial charge in [-0.15, -0.1) is 0 Å². The molecule has 108 valence electrons. The van der Waals surface area contributed by atoms with Gasteiger partial charge in [0.25, 0.3) is 5.69 Å². The third kappa shape index (κ3) is 2.94. The molecule has 0 aliphatic carbocycles. The highest BCUT2D eigenvalue weighted by Crippen LogP contribution is 2.24. The van der Waals surface area contributed by atoms with E-state index in [-0.39, 0.29) is 17.3 Å². The highest BCUT2D eigenvalue weighted by Gasteiger charge is 2.26. The Labute approximate surface area is 115 Å². The van der Waals surface area contributed by atoms with Gasteiger partial charge in [0, 0.05) is 25.3 Å². The topological polar surface area (TPSA) is 92.9 Å². The van der Waals surface area contributed by atoms with Crippen LogP contribution in [0.2, 0.25) is 0 Å². The zero-order valence-electron chi connectivity index (χ0n) is 11.1. The van der Waals surface area contributed by atoms with Crippen LogP contribution in [0.25, 0.3) is 0 Å². The first-order valence-corrected chi connectivity index (χ1v) is 6.28. The molecule has 1 aromatic carbocycles. The lowest BCUT2D eigenvalue weighted by Gasteiger charge is -2.23. The number of aromatic carboxylic acids is 1. The first-order chi connectivity index (χ1) is 9.50. The number of nitro groups is 1. The average Bonchev–Trinajstić information content (AvgIpc) is 2.91. The highest BCUT2D eigenvalue weighted by atomic mass is 16.6. The molecule has 1 atom stereocenters. The summed E-state index contributed by atoms with van der Waals surface area (Å²) < 4.78 is 5.29. The Hall–Kier alpha value is -1.99. The van der Waals surface area contributed by atoms with E-state index in [1.54, 1.807) is 6.07 Å². The van der Waals surface area contributed by atoms with Gasteiger partial charge < -0.3 is 9.84 Å². The standard InChI is InChI=1S/C13H16N2O5/c1-14(10-5-6-20-8-10)7-9-3-2-4-11(15(18)19)12(9)13(16)17/h2-4,10H,5-8H2,1H3,(H,16,17). The van der Waals surface area contributed by atoms with Crippen molar-refractivity contribution < 1.29 is 19.6 Å². The number of likely N-dealkylation sites (N-methyl/N-ethyl adjacent to an activating group) is 1. The van der Waals surface area contributed by atoms with Crippen LogP contribution in [0.5, 0.6) is 0 Å². The number of carbonyl (C=O) groups is 1. The zero-order chi connectivity index (χ0) is 14.7. The first kappa shape index (κ1) is 14.4. The number of hydrogen-bond acceptors (Lipinski definition) is 5. The first-order valence-electron chi connectivity index (χ1n) is 6.28. The number of benzene rings is 1. The minimum absolute atomic E-state index is 0.218. The smallest absolute Gasteiger partial charge is 0.343 e. The average molecular weight is 280 g/mol. The SMILES string of the molecule is CN(Cc1cccc([N+](=O)[O-])c1C(=O)O)C1CCOC1. The maximum atomic E-state index is 11.3. The summed E-state index contributed by atoms with van der Waals surface area (Å²) in [6.45, 7) is 1.64. The van der Waals surface area contributed by atoms with E-state index < -0.39 is 10.9 Å². The Bertz CT molecular complexity index is 525. The predicted molar refractivity (Wildman–Crippen MR) is 70.7 cm³/mol. The molecule has 0 spiro atoms. The number of carboxylic acids is 1. The number of ether oxygens (including phenoxy) is 1. The van der Waals surface area contributed by atoms with Gasteiger partial charge in [-0.05, 0) is 19.0 Å². The molecular formula is C13H16N2O5. The van der Waals surface area contributed by atoms with Crippen LogP contribution in [0.15, 0.2) is 18.2 Å². The van der Waals surface area contributed by atoms with Gasteiger partial charge in [0.2, 0.25) is 0 Å². The van der Waals surface area contributed by atoms with E-state index in [4.69, 9.17) is 4.74 Å². The van der Waals surface area contributed by atoms with Crippen LogP contribution in [-0.2, 0) is 11.3 Å². The van der Waals surface area contributed by atoms with Crippen LogP contribution in [0.4, 0.5) is 5.69 Å². The summed E-state index contributed by atoms with van der Waals surface area (Å²) in [5.41, 5.74) is -0.157. The fraction of sp³-hybridized carbons (Fsp3) is 0.462. The van der Waals surface area contributed by atoms with Crippen LogP contribution in [0, 0.1) is 10.1 Å². The maximum absolute atomic E-state index is 11.3. The van der Waals surface area contributed by atoms with Gasteiger partial charge in [0.15, 0.2) is 0 Å². The largest absolute Gasteiger partial charge is 0.477 e. The minimum Gasteiger partial charge on any atom is -0.477 e. The summed E-state index contributed by atoms with van der Waals surface area (Å²) in [6.07, 6.45) is 0.883. The van der Waals surface area contributed by atoms with Crippen LogP contribution in [0.3, 0.4) is 0 Å². The predicted octanol–water partition coefficient (Wildman–Crippen LogP) is 1.51. The van der Waals surface area contributed by atoms with Gasteiger partial charge in [0.1, 0.15) is 5.56 Å². The summed E-state index contributed by atoms with van der Waals surface area (Å²) in [6, 6.07) is 4.56. The molecule has 7 nitrogen and oxygen atoms in total. The van der Waals surface area contributed by atoms with E-state index in [1.807, 2.05) is 11.9 Å². The van der Waals surface area contributed by atoms with Gasteiger partial charge in [-0.3, -0.25) is 15.0 Å². The summed E-state index contributed by atoms with van der Waals surface area (Å²) in [5, 5.41) is 20.2. The number of carboxylic acid groups (broad SMARTS) is 1. The van der Waals surface area contributed by atoms with E-state index in [9.17, 15) is 20.0 Å². The lowest BCUT2D eigenvalue weighted by atomic mass is 10.0. The Balaban J connectivity index is 2.28. The molecule has 20 heavy (non-hydrogen) atoms. The summed E-state index contributed by atoms with van der Waals surface area (Å²) in [4.78, 5) is 23.5. The van der Waals surface area contributed by atoms with Crippen molar-refractivity contribution in [3.63, 3.8) is 0 Å². The monoisotopic (exact) mass is 280 g/mol. The fourth-order valence-electron chi connectivity index (χ4n) is 2.38. The van der Waals surface area contributed by atoms with Gasteiger partial charge in [-0.25, -0.2) is 4.79 Å². The molecule has 1 aliphatic heterocycles. The van der Waals surface area contributed by atoms with E-state index in [0.717, 1.165) is 6.42 Å². The van der Waals surface area contributed by atoms with Crippen molar-refractivity contribution in [3.8, 4) is 0 Å². The molecule has 1 saturated heterocycles. The third-order valence-electron chi connectivity index (χ3n) is 3.49. The molecule has 1 aliphatic rings. The molecule has 1 fully saturated rings. The van der Waals surface area contributed by atoms with E-state index in [2.05, 4.69) is 0 Å². The van der Waals surface area contributed by atoms with E-state index >= 15 is 0 Å². The summed E-state index contributed by atoms with van der Waals surface area (Å²) in [7, 11) is 1.86. The molecule has 1 unspecified atom stereocenters. The van der Waals surface area contributed by atoms with Crippen molar-refractivity contribution in [1.82, 2.24) is 4.90 Å². The van der Waals surface area contributed by atoms with Crippen LogP contribution >= 0.6 is 0 Å². The molecule has 0 saturated carbocycles. The van der Waals surface area contributed by atoms with Gasteiger partial charge in [-0.2, -0.15) is 0 Å². The Morgan fingerprint density at radius 1 is 1.60 bits per heavy atom. The van der Waals surface area contributed by atoms with Crippen molar-refractivity contribution in [3.05, 3.63) is 39.4 Å². The van der Waals surface area contributed by atoms with E-state index in [0.29, 0.717) is 25.3 Å². The Morgan fingerprint density at radius 2 is 2.35 bits per heavy atom. The van der Waals surface area contributed by atoms with Crippen molar-refractivity contribution in [1.29, 1.82) is 0 Å². The maximum Gasteiger partial charge on any atom is 0.343 e. The quantitative estimate of drug-likeness (QED) is 0.649. The Morgan fingerprint density at radius 3 is 2.90 bits per heavy atom. The molecule has 0 radical (unpaired) electrons. The summed E-state index contributed by atoms with van der Waals surface area (Å²) >= 11 is 0. The molecule has 1 heterocycles. The molecule has 7 heteroatoms. The van der Waals surface area contributed by atoms with E-state index in [1.165, 1.54) is 12.1 Å². The second-order valence-corrected chi connectivity index (χ2v) is 4.81. The fourth-order valence-corrected chi connectivity index (χ4v) is 2.38. The lowest BCUT2D eigenvalue weighted by molar-refractivity contribution is -0.385. The molecule has 2 rings (SSSR count). The Kier molecular flexibility index (Phi) is 4.31. The molecule has 1 N–H and O–H groups in total. The number of nitrogens with zero attached hydrogens (tertiary/aromatic N) is 2. The van der Waals surface area contributed by atoms with Crippen LogP contribution in [0.1, 0.15) is 22.3 Å². The second kappa shape index (κ2) is 5.98. The van der Waals surface area contributed by atoms with Crippen molar-refractivity contribution in [2.45, 2.75) is 19.0 Å². The van der Waals surface area contributed by atoms with Crippen LogP contribution in [-0.4, -0.2) is 47.2 Å². The molecule has 1 aromatic rings. The molecule has 0 aromatic heterocycles. The van der Waals surface area contributed by atoms with Gasteiger partial charge >= 0.3 is 5.97 Å².